The van der Waals surface area contributed by atoms with Gasteiger partial charge in [-0.25, -0.2) is 4.39 Å². The van der Waals surface area contributed by atoms with Crippen LogP contribution in [0, 0.1) is 5.82 Å². The molecule has 0 saturated heterocycles. The van der Waals surface area contributed by atoms with Crippen LogP contribution in [0.1, 0.15) is 19.9 Å². The van der Waals surface area contributed by atoms with E-state index >= 15 is 0 Å². The van der Waals surface area contributed by atoms with Crippen molar-refractivity contribution in [2.75, 3.05) is 0 Å². The minimum Gasteiger partial charge on any atom is -0.311 e. The van der Waals surface area contributed by atoms with E-state index in [1.165, 1.54) is 6.07 Å². The van der Waals surface area contributed by atoms with Crippen LogP contribution in [-0.2, 0) is 0 Å². The van der Waals surface area contributed by atoms with Gasteiger partial charge >= 0.3 is 0 Å². The summed E-state index contributed by atoms with van der Waals surface area (Å²) in [5, 5.41) is 7.92. The molecular weight excluding hydrogens is 273 g/mol. The van der Waals surface area contributed by atoms with E-state index in [0.717, 1.165) is 11.4 Å². The van der Waals surface area contributed by atoms with E-state index in [0.29, 0.717) is 4.47 Å². The molecule has 0 amide bonds. The zero-order valence-electron chi connectivity index (χ0n) is 8.98. The molecule has 2 aromatic rings. The number of aromatic nitrogens is 3. The Hall–Kier alpha value is -1.23. The highest BCUT2D eigenvalue weighted by molar-refractivity contribution is 9.10. The van der Waals surface area contributed by atoms with Crippen LogP contribution in [-0.4, -0.2) is 14.8 Å². The first kappa shape index (κ1) is 11.3. The van der Waals surface area contributed by atoms with E-state index in [-0.39, 0.29) is 11.9 Å². The van der Waals surface area contributed by atoms with Crippen LogP contribution < -0.4 is 0 Å². The molecule has 3 nitrogen and oxygen atoms in total. The van der Waals surface area contributed by atoms with Crippen LogP contribution in [0.3, 0.4) is 0 Å². The molecule has 16 heavy (non-hydrogen) atoms. The minimum absolute atomic E-state index is 0.272. The van der Waals surface area contributed by atoms with Crippen molar-refractivity contribution in [3.63, 3.8) is 0 Å². The standard InChI is InChI=1S/C11H11BrFN3/c1-7(2)16-6-14-15-11(16)8-3-4-10(13)9(12)5-8/h3-7H,1-2H3. The van der Waals surface area contributed by atoms with E-state index in [1.807, 2.05) is 18.4 Å². The molecule has 0 aliphatic rings. The monoisotopic (exact) mass is 283 g/mol. The first-order valence-corrected chi connectivity index (χ1v) is 5.74. The van der Waals surface area contributed by atoms with Crippen LogP contribution in [0.2, 0.25) is 0 Å². The van der Waals surface area contributed by atoms with Gasteiger partial charge < -0.3 is 4.57 Å². The maximum Gasteiger partial charge on any atom is 0.164 e. The molecule has 0 bridgehead atoms. The molecule has 1 heterocycles. The third kappa shape index (κ3) is 2.00. The second-order valence-electron chi connectivity index (χ2n) is 3.78. The Labute approximate surface area is 101 Å². The number of halogens is 2. The van der Waals surface area contributed by atoms with Crippen molar-refractivity contribution >= 4 is 15.9 Å². The highest BCUT2D eigenvalue weighted by atomic mass is 79.9. The summed E-state index contributed by atoms with van der Waals surface area (Å²) in [6, 6.07) is 5.09. The first-order valence-electron chi connectivity index (χ1n) is 4.94. The van der Waals surface area contributed by atoms with Crippen LogP contribution >= 0.6 is 15.9 Å². The molecule has 1 aromatic heterocycles. The highest BCUT2D eigenvalue weighted by Crippen LogP contribution is 2.25. The lowest BCUT2D eigenvalue weighted by Crippen LogP contribution is -2.01. The Bertz CT molecular complexity index is 508. The van der Waals surface area contributed by atoms with Crippen molar-refractivity contribution in [3.8, 4) is 11.4 Å². The summed E-state index contributed by atoms with van der Waals surface area (Å²) < 4.78 is 15.5. The van der Waals surface area contributed by atoms with Gasteiger partial charge in [0, 0.05) is 11.6 Å². The minimum atomic E-state index is -0.278. The number of rotatable bonds is 2. The van der Waals surface area contributed by atoms with Crippen molar-refractivity contribution in [2.45, 2.75) is 19.9 Å². The van der Waals surface area contributed by atoms with Crippen molar-refractivity contribution in [3.05, 3.63) is 34.8 Å². The quantitative estimate of drug-likeness (QED) is 0.846. The number of hydrogen-bond acceptors (Lipinski definition) is 2. The Kier molecular flexibility index (Phi) is 3.05. The summed E-state index contributed by atoms with van der Waals surface area (Å²) in [4.78, 5) is 0. The predicted octanol–water partition coefficient (Wildman–Crippen LogP) is 3.43. The molecule has 0 aliphatic heterocycles. The lowest BCUT2D eigenvalue weighted by molar-refractivity contribution is 0.603. The van der Waals surface area contributed by atoms with E-state index in [4.69, 9.17) is 0 Å². The van der Waals surface area contributed by atoms with Gasteiger partial charge in [-0.15, -0.1) is 10.2 Å². The Morgan fingerprint density at radius 1 is 1.38 bits per heavy atom. The lowest BCUT2D eigenvalue weighted by Gasteiger charge is -2.10. The van der Waals surface area contributed by atoms with Crippen LogP contribution in [0.25, 0.3) is 11.4 Å². The molecule has 0 fully saturated rings. The molecule has 0 aliphatic carbocycles. The maximum absolute atomic E-state index is 13.1. The molecule has 0 N–H and O–H groups in total. The van der Waals surface area contributed by atoms with E-state index in [1.54, 1.807) is 18.5 Å². The Balaban J connectivity index is 2.50. The Morgan fingerprint density at radius 2 is 2.12 bits per heavy atom. The fourth-order valence-corrected chi connectivity index (χ4v) is 1.84. The van der Waals surface area contributed by atoms with E-state index in [2.05, 4.69) is 26.1 Å². The fraction of sp³-hybridized carbons (Fsp3) is 0.273. The van der Waals surface area contributed by atoms with Crippen LogP contribution in [0.4, 0.5) is 4.39 Å². The largest absolute Gasteiger partial charge is 0.311 e. The van der Waals surface area contributed by atoms with Crippen molar-refractivity contribution < 1.29 is 4.39 Å². The summed E-state index contributed by atoms with van der Waals surface area (Å²) in [7, 11) is 0. The number of nitrogens with zero attached hydrogens (tertiary/aromatic N) is 3. The summed E-state index contributed by atoms with van der Waals surface area (Å²) >= 11 is 3.16. The molecule has 0 saturated carbocycles. The Morgan fingerprint density at radius 3 is 2.75 bits per heavy atom. The maximum atomic E-state index is 13.1. The molecule has 84 valence electrons. The molecule has 0 unspecified atom stereocenters. The zero-order chi connectivity index (χ0) is 11.7. The first-order chi connectivity index (χ1) is 7.59. The lowest BCUT2D eigenvalue weighted by atomic mass is 10.2. The van der Waals surface area contributed by atoms with Gasteiger partial charge in [0.2, 0.25) is 0 Å². The van der Waals surface area contributed by atoms with E-state index in [9.17, 15) is 4.39 Å². The fourth-order valence-electron chi connectivity index (χ4n) is 1.46. The third-order valence-electron chi connectivity index (χ3n) is 2.31. The second kappa shape index (κ2) is 4.33. The van der Waals surface area contributed by atoms with Crippen LogP contribution in [0.15, 0.2) is 29.0 Å². The summed E-state index contributed by atoms with van der Waals surface area (Å²) in [5.41, 5.74) is 0.847. The van der Waals surface area contributed by atoms with E-state index < -0.39 is 0 Å². The van der Waals surface area contributed by atoms with Gasteiger partial charge in [-0.2, -0.15) is 0 Å². The predicted molar refractivity (Wildman–Crippen MR) is 63.5 cm³/mol. The van der Waals surface area contributed by atoms with Crippen molar-refractivity contribution in [2.24, 2.45) is 0 Å². The number of benzene rings is 1. The smallest absolute Gasteiger partial charge is 0.164 e. The number of hydrogen-bond donors (Lipinski definition) is 0. The SMILES string of the molecule is CC(C)n1cnnc1-c1ccc(F)c(Br)c1. The normalized spacial score (nSPS) is 11.1. The molecule has 0 radical (unpaired) electrons. The summed E-state index contributed by atoms with van der Waals surface area (Å²) in [6.45, 7) is 4.09. The molecule has 2 rings (SSSR count). The van der Waals surface area contributed by atoms with Gasteiger partial charge in [0.25, 0.3) is 0 Å². The van der Waals surface area contributed by atoms with Gasteiger partial charge in [-0.3, -0.25) is 0 Å². The highest BCUT2D eigenvalue weighted by Gasteiger charge is 2.11. The topological polar surface area (TPSA) is 30.7 Å². The molecule has 0 atom stereocenters. The zero-order valence-corrected chi connectivity index (χ0v) is 10.6. The van der Waals surface area contributed by atoms with Crippen molar-refractivity contribution in [1.29, 1.82) is 0 Å². The third-order valence-corrected chi connectivity index (χ3v) is 2.91. The van der Waals surface area contributed by atoms with Crippen molar-refractivity contribution in [1.82, 2.24) is 14.8 Å². The van der Waals surface area contributed by atoms with Gasteiger partial charge in [-0.1, -0.05) is 0 Å². The molecule has 1 aromatic carbocycles. The molecule has 5 heteroatoms. The van der Waals surface area contributed by atoms with Gasteiger partial charge in [-0.05, 0) is 48.0 Å². The average Bonchev–Trinajstić information content (AvgIpc) is 2.71. The average molecular weight is 284 g/mol. The molecular formula is C11H11BrFN3. The summed E-state index contributed by atoms with van der Waals surface area (Å²) in [5.74, 6) is 0.468. The van der Waals surface area contributed by atoms with Gasteiger partial charge in [0.15, 0.2) is 5.82 Å². The second-order valence-corrected chi connectivity index (χ2v) is 4.64. The molecule has 0 spiro atoms. The van der Waals surface area contributed by atoms with Gasteiger partial charge in [0.1, 0.15) is 12.1 Å². The summed E-state index contributed by atoms with van der Waals surface area (Å²) in [6.07, 6.45) is 1.68. The van der Waals surface area contributed by atoms with Crippen LogP contribution in [0.5, 0.6) is 0 Å². The van der Waals surface area contributed by atoms with Gasteiger partial charge in [0.05, 0.1) is 4.47 Å².